The molecule has 0 aliphatic rings. The SMILES string of the molecule is Cc1cc(Br)ccc1Cc1c(C(=O)O)cn(C)c(=O)c1C. The van der Waals surface area contributed by atoms with Crippen LogP contribution in [0.4, 0.5) is 0 Å². The van der Waals surface area contributed by atoms with Gasteiger partial charge in [0.05, 0.1) is 5.56 Å². The van der Waals surface area contributed by atoms with Crippen molar-refractivity contribution in [1.29, 1.82) is 0 Å². The molecule has 5 heteroatoms. The number of rotatable bonds is 3. The molecule has 2 aromatic rings. The number of nitrogens with zero attached hydrogens (tertiary/aromatic N) is 1. The van der Waals surface area contributed by atoms with Crippen LogP contribution in [0, 0.1) is 13.8 Å². The predicted molar refractivity (Wildman–Crippen MR) is 85.1 cm³/mol. The second kappa shape index (κ2) is 5.85. The van der Waals surface area contributed by atoms with Crippen molar-refractivity contribution in [3.8, 4) is 0 Å². The standard InChI is InChI=1S/C16H16BrNO3/c1-9-6-12(17)5-4-11(9)7-13-10(2)15(19)18(3)8-14(13)16(20)21/h4-6,8H,7H2,1-3H3,(H,20,21). The van der Waals surface area contributed by atoms with Crippen LogP contribution < -0.4 is 5.56 Å². The van der Waals surface area contributed by atoms with Crippen LogP contribution in [0.15, 0.2) is 33.7 Å². The van der Waals surface area contributed by atoms with Crippen molar-refractivity contribution < 1.29 is 9.90 Å². The van der Waals surface area contributed by atoms with E-state index < -0.39 is 5.97 Å². The molecule has 0 aliphatic carbocycles. The van der Waals surface area contributed by atoms with Gasteiger partial charge in [0.1, 0.15) is 0 Å². The van der Waals surface area contributed by atoms with Gasteiger partial charge in [0.25, 0.3) is 5.56 Å². The monoisotopic (exact) mass is 349 g/mol. The Morgan fingerprint density at radius 1 is 1.33 bits per heavy atom. The molecule has 0 fully saturated rings. The molecule has 0 atom stereocenters. The molecule has 0 aliphatic heterocycles. The first-order chi connectivity index (χ1) is 9.81. The maximum atomic E-state index is 12.1. The molecule has 1 aromatic carbocycles. The maximum Gasteiger partial charge on any atom is 0.337 e. The number of aromatic carboxylic acids is 1. The Hall–Kier alpha value is -1.88. The van der Waals surface area contributed by atoms with Gasteiger partial charge >= 0.3 is 5.97 Å². The van der Waals surface area contributed by atoms with E-state index in [1.807, 2.05) is 25.1 Å². The fraction of sp³-hybridized carbons (Fsp3) is 0.250. The summed E-state index contributed by atoms with van der Waals surface area (Å²) in [5.74, 6) is -1.02. The average Bonchev–Trinajstić information content (AvgIpc) is 2.41. The quantitative estimate of drug-likeness (QED) is 0.926. The van der Waals surface area contributed by atoms with Crippen LogP contribution in [0.3, 0.4) is 0 Å². The largest absolute Gasteiger partial charge is 0.478 e. The van der Waals surface area contributed by atoms with E-state index in [-0.39, 0.29) is 11.1 Å². The van der Waals surface area contributed by atoms with Gasteiger partial charge in [-0.25, -0.2) is 4.79 Å². The highest BCUT2D eigenvalue weighted by Crippen LogP contribution is 2.21. The number of carbonyl (C=O) groups is 1. The summed E-state index contributed by atoms with van der Waals surface area (Å²) in [6, 6.07) is 5.84. The summed E-state index contributed by atoms with van der Waals surface area (Å²) in [6.07, 6.45) is 1.82. The molecule has 2 rings (SSSR count). The molecular weight excluding hydrogens is 334 g/mol. The number of halogens is 1. The zero-order valence-corrected chi connectivity index (χ0v) is 13.7. The molecule has 0 amide bonds. The minimum absolute atomic E-state index is 0.162. The number of hydrogen-bond acceptors (Lipinski definition) is 2. The van der Waals surface area contributed by atoms with Crippen molar-refractivity contribution in [2.45, 2.75) is 20.3 Å². The predicted octanol–water partition coefficient (Wildman–Crippen LogP) is 3.05. The lowest BCUT2D eigenvalue weighted by atomic mass is 9.95. The highest BCUT2D eigenvalue weighted by molar-refractivity contribution is 9.10. The van der Waals surface area contributed by atoms with E-state index in [0.717, 1.165) is 15.6 Å². The Kier molecular flexibility index (Phi) is 4.32. The van der Waals surface area contributed by atoms with E-state index in [9.17, 15) is 14.7 Å². The molecule has 0 unspecified atom stereocenters. The third-order valence-corrected chi connectivity index (χ3v) is 4.14. The molecular formula is C16H16BrNO3. The summed E-state index contributed by atoms with van der Waals surface area (Å²) < 4.78 is 2.29. The molecule has 1 N–H and O–H groups in total. The first-order valence-electron chi connectivity index (χ1n) is 6.48. The van der Waals surface area contributed by atoms with Crippen LogP contribution in [-0.4, -0.2) is 15.6 Å². The van der Waals surface area contributed by atoms with Crippen LogP contribution in [0.5, 0.6) is 0 Å². The second-order valence-corrected chi connectivity index (χ2v) is 6.03. The number of carboxylic acids is 1. The summed E-state index contributed by atoms with van der Waals surface area (Å²) in [4.78, 5) is 23.5. The average molecular weight is 350 g/mol. The zero-order valence-electron chi connectivity index (χ0n) is 12.1. The number of aryl methyl sites for hydroxylation is 2. The Morgan fingerprint density at radius 2 is 2.00 bits per heavy atom. The zero-order chi connectivity index (χ0) is 15.7. The topological polar surface area (TPSA) is 59.3 Å². The molecule has 0 spiro atoms. The van der Waals surface area contributed by atoms with E-state index in [0.29, 0.717) is 17.5 Å². The van der Waals surface area contributed by atoms with Crippen LogP contribution in [-0.2, 0) is 13.5 Å². The minimum Gasteiger partial charge on any atom is -0.478 e. The van der Waals surface area contributed by atoms with Gasteiger partial charge in [0.15, 0.2) is 0 Å². The van der Waals surface area contributed by atoms with Gasteiger partial charge in [0, 0.05) is 23.3 Å². The van der Waals surface area contributed by atoms with E-state index >= 15 is 0 Å². The third-order valence-electron chi connectivity index (χ3n) is 3.64. The van der Waals surface area contributed by atoms with Crippen molar-refractivity contribution >= 4 is 21.9 Å². The molecule has 0 saturated carbocycles. The lowest BCUT2D eigenvalue weighted by molar-refractivity contribution is 0.0694. The van der Waals surface area contributed by atoms with Gasteiger partial charge in [-0.05, 0) is 49.1 Å². The molecule has 0 saturated heterocycles. The molecule has 21 heavy (non-hydrogen) atoms. The third kappa shape index (κ3) is 3.08. The fourth-order valence-corrected chi connectivity index (χ4v) is 2.86. The minimum atomic E-state index is -1.02. The fourth-order valence-electron chi connectivity index (χ4n) is 2.39. The highest BCUT2D eigenvalue weighted by atomic mass is 79.9. The Balaban J connectivity index is 2.60. The van der Waals surface area contributed by atoms with Crippen LogP contribution in [0.25, 0.3) is 0 Å². The number of carboxylic acid groups (broad SMARTS) is 1. The molecule has 0 bridgehead atoms. The van der Waals surface area contributed by atoms with Crippen LogP contribution in [0.2, 0.25) is 0 Å². The number of benzene rings is 1. The Labute approximate surface area is 131 Å². The summed E-state index contributed by atoms with van der Waals surface area (Å²) in [5, 5.41) is 9.37. The Morgan fingerprint density at radius 3 is 2.57 bits per heavy atom. The van der Waals surface area contributed by atoms with Gasteiger partial charge in [-0.3, -0.25) is 4.79 Å². The van der Waals surface area contributed by atoms with Crippen molar-refractivity contribution in [2.24, 2.45) is 7.05 Å². The molecule has 110 valence electrons. The Bertz CT molecular complexity index is 778. The number of hydrogen-bond donors (Lipinski definition) is 1. The van der Waals surface area contributed by atoms with Crippen LogP contribution in [0.1, 0.15) is 32.6 Å². The lowest BCUT2D eigenvalue weighted by Crippen LogP contribution is -2.24. The number of pyridine rings is 1. The summed E-state index contributed by atoms with van der Waals surface area (Å²) >= 11 is 3.41. The summed E-state index contributed by atoms with van der Waals surface area (Å²) in [5.41, 5.74) is 3.15. The highest BCUT2D eigenvalue weighted by Gasteiger charge is 2.17. The van der Waals surface area contributed by atoms with Crippen LogP contribution >= 0.6 is 15.9 Å². The van der Waals surface area contributed by atoms with E-state index in [2.05, 4.69) is 15.9 Å². The molecule has 1 heterocycles. The lowest BCUT2D eigenvalue weighted by Gasteiger charge is -2.13. The van der Waals surface area contributed by atoms with Gasteiger partial charge in [-0.2, -0.15) is 0 Å². The maximum absolute atomic E-state index is 12.1. The van der Waals surface area contributed by atoms with E-state index in [1.165, 1.54) is 10.8 Å². The van der Waals surface area contributed by atoms with Gasteiger partial charge in [0.2, 0.25) is 0 Å². The smallest absolute Gasteiger partial charge is 0.337 e. The van der Waals surface area contributed by atoms with E-state index in [4.69, 9.17) is 0 Å². The first-order valence-corrected chi connectivity index (χ1v) is 7.28. The molecule has 4 nitrogen and oxygen atoms in total. The van der Waals surface area contributed by atoms with Crippen molar-refractivity contribution in [2.75, 3.05) is 0 Å². The molecule has 0 radical (unpaired) electrons. The van der Waals surface area contributed by atoms with Crippen molar-refractivity contribution in [3.05, 3.63) is 67.0 Å². The van der Waals surface area contributed by atoms with Crippen molar-refractivity contribution in [1.82, 2.24) is 4.57 Å². The van der Waals surface area contributed by atoms with Gasteiger partial charge in [-0.15, -0.1) is 0 Å². The van der Waals surface area contributed by atoms with Gasteiger partial charge in [-0.1, -0.05) is 22.0 Å². The molecule has 1 aromatic heterocycles. The van der Waals surface area contributed by atoms with E-state index in [1.54, 1.807) is 14.0 Å². The second-order valence-electron chi connectivity index (χ2n) is 5.12. The number of aromatic nitrogens is 1. The first kappa shape index (κ1) is 15.5. The summed E-state index contributed by atoms with van der Waals surface area (Å²) in [7, 11) is 1.57. The summed E-state index contributed by atoms with van der Waals surface area (Å²) in [6.45, 7) is 3.65. The van der Waals surface area contributed by atoms with Gasteiger partial charge < -0.3 is 9.67 Å². The van der Waals surface area contributed by atoms with Crippen molar-refractivity contribution in [3.63, 3.8) is 0 Å². The normalized spacial score (nSPS) is 10.7.